The fourth-order valence-electron chi connectivity index (χ4n) is 3.63. The number of nitrogens with zero attached hydrogens (tertiary/aromatic N) is 3. The summed E-state index contributed by atoms with van der Waals surface area (Å²) in [4.78, 5) is 12.7. The molecule has 0 aliphatic carbocycles. The molecule has 33 heavy (non-hydrogen) atoms. The van der Waals surface area contributed by atoms with Gasteiger partial charge in [0.05, 0.1) is 5.75 Å². The van der Waals surface area contributed by atoms with E-state index in [1.807, 2.05) is 31.2 Å². The normalized spacial score (nSPS) is 15.5. The molecule has 1 aliphatic rings. The number of piperidine rings is 1. The van der Waals surface area contributed by atoms with E-state index in [1.165, 1.54) is 15.6 Å². The summed E-state index contributed by atoms with van der Waals surface area (Å²) in [7, 11) is -3.61. The van der Waals surface area contributed by atoms with E-state index in [4.69, 9.17) is 23.2 Å². The van der Waals surface area contributed by atoms with E-state index < -0.39 is 10.0 Å². The molecule has 1 amide bonds. The van der Waals surface area contributed by atoms with Crippen LogP contribution in [0.3, 0.4) is 0 Å². The van der Waals surface area contributed by atoms with E-state index >= 15 is 0 Å². The summed E-state index contributed by atoms with van der Waals surface area (Å²) in [6.07, 6.45) is 0.843. The third kappa shape index (κ3) is 5.73. The fraction of sp³-hybridized carbons (Fsp3) is 0.318. The topological polar surface area (TPSA) is 92.3 Å². The molecule has 0 radical (unpaired) electrons. The van der Waals surface area contributed by atoms with Crippen molar-refractivity contribution < 1.29 is 13.2 Å². The lowest BCUT2D eigenvalue weighted by atomic mass is 9.97. The highest BCUT2D eigenvalue weighted by molar-refractivity contribution is 7.88. The zero-order valence-electron chi connectivity index (χ0n) is 17.8. The summed E-state index contributed by atoms with van der Waals surface area (Å²) >= 11 is 13.6. The van der Waals surface area contributed by atoms with Gasteiger partial charge in [-0.1, -0.05) is 70.4 Å². The molecule has 7 nitrogen and oxygen atoms in total. The average molecular weight is 525 g/mol. The Labute approximate surface area is 206 Å². The summed E-state index contributed by atoms with van der Waals surface area (Å²) in [5, 5.41) is 12.9. The van der Waals surface area contributed by atoms with Crippen molar-refractivity contribution in [3.05, 3.63) is 63.6 Å². The van der Waals surface area contributed by atoms with Gasteiger partial charge >= 0.3 is 0 Å². The Morgan fingerprint density at radius 1 is 1.09 bits per heavy atom. The first-order valence-electron chi connectivity index (χ1n) is 10.3. The van der Waals surface area contributed by atoms with Crippen LogP contribution in [-0.2, 0) is 20.6 Å². The fourth-order valence-corrected chi connectivity index (χ4v) is 6.70. The van der Waals surface area contributed by atoms with Gasteiger partial charge in [0.1, 0.15) is 5.01 Å². The highest BCUT2D eigenvalue weighted by Gasteiger charge is 2.32. The largest absolute Gasteiger partial charge is 0.300 e. The van der Waals surface area contributed by atoms with Crippen LogP contribution in [0.5, 0.6) is 0 Å². The molecule has 2 aromatic carbocycles. The summed E-state index contributed by atoms with van der Waals surface area (Å²) in [5.41, 5.74) is 2.48. The van der Waals surface area contributed by atoms with Gasteiger partial charge in [0.15, 0.2) is 0 Å². The Bertz CT molecular complexity index is 1230. The van der Waals surface area contributed by atoms with Crippen molar-refractivity contribution in [2.75, 3.05) is 18.4 Å². The van der Waals surface area contributed by atoms with Gasteiger partial charge in [-0.15, -0.1) is 10.2 Å². The molecule has 1 aromatic heterocycles. The molecule has 0 unspecified atom stereocenters. The summed E-state index contributed by atoms with van der Waals surface area (Å²) in [6, 6.07) is 12.8. The van der Waals surface area contributed by atoms with Crippen molar-refractivity contribution in [2.45, 2.75) is 25.5 Å². The number of aryl methyl sites for hydroxylation is 1. The highest BCUT2D eigenvalue weighted by atomic mass is 35.5. The molecule has 0 bridgehead atoms. The lowest BCUT2D eigenvalue weighted by molar-refractivity contribution is -0.120. The van der Waals surface area contributed by atoms with Crippen molar-refractivity contribution in [1.29, 1.82) is 0 Å². The van der Waals surface area contributed by atoms with E-state index in [9.17, 15) is 13.2 Å². The second-order valence-electron chi connectivity index (χ2n) is 7.90. The Balaban J connectivity index is 1.34. The van der Waals surface area contributed by atoms with E-state index in [0.29, 0.717) is 33.6 Å². The van der Waals surface area contributed by atoms with Crippen LogP contribution in [0.1, 0.15) is 24.0 Å². The van der Waals surface area contributed by atoms with Crippen LogP contribution in [0.25, 0.3) is 10.6 Å². The monoisotopic (exact) mass is 524 g/mol. The smallest absolute Gasteiger partial charge is 0.229 e. The van der Waals surface area contributed by atoms with Crippen LogP contribution in [-0.4, -0.2) is 41.9 Å². The first kappa shape index (κ1) is 24.1. The molecule has 0 spiro atoms. The lowest BCUT2D eigenvalue weighted by Crippen LogP contribution is -2.41. The highest BCUT2D eigenvalue weighted by Crippen LogP contribution is 2.30. The third-order valence-corrected chi connectivity index (χ3v) is 8.96. The molecule has 11 heteroatoms. The number of benzene rings is 2. The van der Waals surface area contributed by atoms with Gasteiger partial charge in [-0.25, -0.2) is 12.7 Å². The predicted molar refractivity (Wildman–Crippen MR) is 132 cm³/mol. The summed E-state index contributed by atoms with van der Waals surface area (Å²) < 4.78 is 27.2. The molecule has 1 saturated heterocycles. The second-order valence-corrected chi connectivity index (χ2v) is 11.7. The van der Waals surface area contributed by atoms with Crippen LogP contribution in [0, 0.1) is 12.8 Å². The van der Waals surface area contributed by atoms with Crippen molar-refractivity contribution in [3.63, 3.8) is 0 Å². The van der Waals surface area contributed by atoms with Crippen molar-refractivity contribution in [1.82, 2.24) is 14.5 Å². The van der Waals surface area contributed by atoms with E-state index in [2.05, 4.69) is 15.5 Å². The van der Waals surface area contributed by atoms with Gasteiger partial charge in [0.25, 0.3) is 0 Å². The number of anilines is 1. The van der Waals surface area contributed by atoms with Gasteiger partial charge in [-0.2, -0.15) is 0 Å². The number of hydrogen-bond acceptors (Lipinski definition) is 6. The van der Waals surface area contributed by atoms with Crippen LogP contribution < -0.4 is 5.32 Å². The predicted octanol–water partition coefficient (Wildman–Crippen LogP) is 5.00. The summed E-state index contributed by atoms with van der Waals surface area (Å²) in [5.74, 6) is -0.741. The van der Waals surface area contributed by atoms with Crippen LogP contribution in [0.15, 0.2) is 42.5 Å². The van der Waals surface area contributed by atoms with Crippen molar-refractivity contribution in [3.8, 4) is 10.6 Å². The molecule has 3 aromatic rings. The zero-order valence-corrected chi connectivity index (χ0v) is 20.9. The zero-order chi connectivity index (χ0) is 23.6. The van der Waals surface area contributed by atoms with E-state index in [1.54, 1.807) is 18.2 Å². The molecular formula is C22H22Cl2N4O3S2. The molecule has 2 heterocycles. The number of halogens is 2. The molecule has 174 valence electrons. The minimum Gasteiger partial charge on any atom is -0.300 e. The SMILES string of the molecule is Cc1ccc(-c2nnc(NC(=O)C3CCN(S(=O)(=O)Cc4c(Cl)cccc4Cl)CC3)s2)cc1. The number of rotatable bonds is 6. The Hall–Kier alpha value is -2.04. The van der Waals surface area contributed by atoms with Crippen molar-refractivity contribution >= 4 is 55.6 Å². The molecular weight excluding hydrogens is 503 g/mol. The quantitative estimate of drug-likeness (QED) is 0.489. The number of carbonyl (C=O) groups excluding carboxylic acids is 1. The minimum absolute atomic E-state index is 0.173. The lowest BCUT2D eigenvalue weighted by Gasteiger charge is -2.30. The average Bonchev–Trinajstić information content (AvgIpc) is 3.25. The molecule has 4 rings (SSSR count). The van der Waals surface area contributed by atoms with Gasteiger partial charge < -0.3 is 5.32 Å². The van der Waals surface area contributed by atoms with Gasteiger partial charge in [-0.3, -0.25) is 4.79 Å². The van der Waals surface area contributed by atoms with Gasteiger partial charge in [0, 0.05) is 40.2 Å². The minimum atomic E-state index is -3.61. The van der Waals surface area contributed by atoms with Crippen LogP contribution >= 0.6 is 34.5 Å². The van der Waals surface area contributed by atoms with E-state index in [-0.39, 0.29) is 30.7 Å². The Kier molecular flexibility index (Phi) is 7.35. The van der Waals surface area contributed by atoms with Crippen LogP contribution in [0.2, 0.25) is 10.0 Å². The number of carbonyl (C=O) groups is 1. The van der Waals surface area contributed by atoms with Gasteiger partial charge in [0.2, 0.25) is 21.1 Å². The Morgan fingerprint density at radius 3 is 2.36 bits per heavy atom. The Morgan fingerprint density at radius 2 is 1.73 bits per heavy atom. The van der Waals surface area contributed by atoms with Gasteiger partial charge in [-0.05, 0) is 31.9 Å². The molecule has 1 N–H and O–H groups in total. The first-order chi connectivity index (χ1) is 15.7. The number of amides is 1. The number of aromatic nitrogens is 2. The maximum Gasteiger partial charge on any atom is 0.229 e. The molecule has 1 fully saturated rings. The van der Waals surface area contributed by atoms with E-state index in [0.717, 1.165) is 16.1 Å². The second kappa shape index (κ2) is 10.1. The summed E-state index contributed by atoms with van der Waals surface area (Å²) in [6.45, 7) is 2.53. The first-order valence-corrected chi connectivity index (χ1v) is 13.5. The maximum atomic E-state index is 12.9. The number of nitrogens with one attached hydrogen (secondary N) is 1. The number of hydrogen-bond donors (Lipinski definition) is 1. The van der Waals surface area contributed by atoms with Crippen molar-refractivity contribution in [2.24, 2.45) is 5.92 Å². The maximum absolute atomic E-state index is 12.9. The molecule has 1 aliphatic heterocycles. The molecule has 0 saturated carbocycles. The van der Waals surface area contributed by atoms with Crippen LogP contribution in [0.4, 0.5) is 5.13 Å². The third-order valence-electron chi connectivity index (χ3n) is 5.56. The standard InChI is InChI=1S/C22H22Cl2N4O3S2/c1-14-5-7-16(8-6-14)21-26-27-22(32-21)25-20(29)15-9-11-28(12-10-15)33(30,31)13-17-18(23)3-2-4-19(17)24/h2-8,15H,9-13H2,1H3,(H,25,27,29). The molecule has 0 atom stereocenters. The number of sulfonamides is 1.